The predicted octanol–water partition coefficient (Wildman–Crippen LogP) is 3.83. The van der Waals surface area contributed by atoms with Crippen molar-refractivity contribution in [1.82, 2.24) is 0 Å². The zero-order chi connectivity index (χ0) is 19.0. The largest absolute Gasteiger partial charge is 0.673 e. The number of aromatic nitrogens is 1. The summed E-state index contributed by atoms with van der Waals surface area (Å²) in [4.78, 5) is 11.6. The number of methoxy groups -OCH3 is 1. The third kappa shape index (κ3) is 7.89. The maximum Gasteiger partial charge on any atom is 0.673 e. The summed E-state index contributed by atoms with van der Waals surface area (Å²) in [6.45, 7) is 0.380. The molecule has 0 amide bonds. The summed E-state index contributed by atoms with van der Waals surface area (Å²) in [7, 11) is -2.89. The van der Waals surface area contributed by atoms with Gasteiger partial charge >= 0.3 is 13.2 Å². The highest BCUT2D eigenvalue weighted by atomic mass is 35.5. The molecule has 0 unspecified atom stereocenters. The molecule has 0 aliphatic carbocycles. The number of esters is 1. The maximum atomic E-state index is 11.6. The highest BCUT2D eigenvalue weighted by Crippen LogP contribution is 2.27. The molecule has 0 atom stereocenters. The molecule has 1 aromatic heterocycles. The van der Waals surface area contributed by atoms with Crippen molar-refractivity contribution < 1.29 is 36.1 Å². The molecule has 25 heavy (non-hydrogen) atoms. The second kappa shape index (κ2) is 9.26. The number of hydrogen-bond donors (Lipinski definition) is 0. The SMILES string of the molecule is COC(=O)c1c[n+](C)cc(OCc2ccccc2)c1Cl.F[B-](F)(F)F. The molecular formula is C15H15BClF4NO3. The van der Waals surface area contributed by atoms with E-state index in [0.29, 0.717) is 12.4 Å². The highest BCUT2D eigenvalue weighted by Gasteiger charge is 2.21. The lowest BCUT2D eigenvalue weighted by atomic mass is 10.2. The number of ether oxygens (including phenoxy) is 2. The topological polar surface area (TPSA) is 39.4 Å². The Bertz CT molecular complexity index is 708. The zero-order valence-corrected chi connectivity index (χ0v) is 14.1. The Balaban J connectivity index is 0.000000550. The Morgan fingerprint density at radius 2 is 1.72 bits per heavy atom. The van der Waals surface area contributed by atoms with Crippen LogP contribution in [0.3, 0.4) is 0 Å². The number of pyridine rings is 1. The van der Waals surface area contributed by atoms with E-state index in [9.17, 15) is 22.1 Å². The van der Waals surface area contributed by atoms with Gasteiger partial charge in [-0.05, 0) is 5.56 Å². The molecule has 1 heterocycles. The average molecular weight is 380 g/mol. The fraction of sp³-hybridized carbons (Fsp3) is 0.200. The normalized spacial score (nSPS) is 10.5. The van der Waals surface area contributed by atoms with E-state index in [4.69, 9.17) is 21.1 Å². The summed E-state index contributed by atoms with van der Waals surface area (Å²) in [6.07, 6.45) is 3.32. The lowest BCUT2D eigenvalue weighted by Crippen LogP contribution is -2.29. The Morgan fingerprint density at radius 3 is 2.24 bits per heavy atom. The lowest BCUT2D eigenvalue weighted by Gasteiger charge is -2.08. The first-order valence-electron chi connectivity index (χ1n) is 6.93. The van der Waals surface area contributed by atoms with Crippen LogP contribution in [0, 0.1) is 0 Å². The molecule has 10 heteroatoms. The third-order valence-electron chi connectivity index (χ3n) is 2.75. The molecule has 0 fully saturated rings. The molecule has 0 spiro atoms. The first kappa shape index (κ1) is 20.8. The van der Waals surface area contributed by atoms with Gasteiger partial charge in [-0.1, -0.05) is 41.9 Å². The Hall–Kier alpha value is -2.29. The van der Waals surface area contributed by atoms with Crippen molar-refractivity contribution in [3.63, 3.8) is 0 Å². The number of benzene rings is 1. The first-order chi connectivity index (χ1) is 11.6. The van der Waals surface area contributed by atoms with Crippen LogP contribution < -0.4 is 9.30 Å². The monoisotopic (exact) mass is 379 g/mol. The number of nitrogens with zero attached hydrogens (tertiary/aromatic N) is 1. The molecule has 0 bridgehead atoms. The third-order valence-corrected chi connectivity index (χ3v) is 3.14. The van der Waals surface area contributed by atoms with Crippen LogP contribution in [0.1, 0.15) is 15.9 Å². The lowest BCUT2D eigenvalue weighted by molar-refractivity contribution is -0.672. The van der Waals surface area contributed by atoms with Gasteiger partial charge in [-0.15, -0.1) is 0 Å². The fourth-order valence-corrected chi connectivity index (χ4v) is 1.99. The van der Waals surface area contributed by atoms with Gasteiger partial charge in [0.15, 0.2) is 6.20 Å². The molecule has 0 N–H and O–H groups in total. The van der Waals surface area contributed by atoms with E-state index in [1.807, 2.05) is 30.3 Å². The van der Waals surface area contributed by atoms with Gasteiger partial charge in [0.25, 0.3) is 0 Å². The van der Waals surface area contributed by atoms with Crippen LogP contribution in [0.15, 0.2) is 42.7 Å². The van der Waals surface area contributed by atoms with Crippen LogP contribution in [0.4, 0.5) is 17.3 Å². The molecule has 136 valence electrons. The second-order valence-corrected chi connectivity index (χ2v) is 5.15. The van der Waals surface area contributed by atoms with Crippen molar-refractivity contribution in [2.45, 2.75) is 6.61 Å². The fourth-order valence-electron chi connectivity index (χ4n) is 1.76. The van der Waals surface area contributed by atoms with Crippen molar-refractivity contribution in [3.8, 4) is 5.75 Å². The molecule has 0 saturated heterocycles. The van der Waals surface area contributed by atoms with Crippen LogP contribution in [-0.4, -0.2) is 20.3 Å². The molecular weight excluding hydrogens is 364 g/mol. The van der Waals surface area contributed by atoms with E-state index in [1.54, 1.807) is 24.0 Å². The second-order valence-electron chi connectivity index (χ2n) is 4.78. The summed E-state index contributed by atoms with van der Waals surface area (Å²) in [5, 5.41) is 0.255. The average Bonchev–Trinajstić information content (AvgIpc) is 2.54. The summed E-state index contributed by atoms with van der Waals surface area (Å²) in [6, 6.07) is 9.72. The van der Waals surface area contributed by atoms with Crippen molar-refractivity contribution in [2.24, 2.45) is 7.05 Å². The van der Waals surface area contributed by atoms with Gasteiger partial charge in [0.2, 0.25) is 11.9 Å². The smallest absolute Gasteiger partial charge is 0.482 e. The van der Waals surface area contributed by atoms with Crippen LogP contribution in [0.5, 0.6) is 5.75 Å². The Kier molecular flexibility index (Phi) is 7.69. The van der Waals surface area contributed by atoms with Crippen molar-refractivity contribution in [3.05, 3.63) is 58.9 Å². The van der Waals surface area contributed by atoms with E-state index in [-0.39, 0.29) is 10.6 Å². The molecule has 2 aromatic rings. The quantitative estimate of drug-likeness (QED) is 0.351. The Labute approximate surface area is 147 Å². The molecule has 4 nitrogen and oxygen atoms in total. The standard InChI is InChI=1S/C15H15ClNO3.BF4/c1-17-8-12(15(18)19-2)14(16)13(9-17)20-10-11-6-4-3-5-7-11;2-1(3,4)5/h3-9H,10H2,1-2H3;/q+1;-1. The van der Waals surface area contributed by atoms with Gasteiger partial charge in [0.05, 0.1) is 7.11 Å². The van der Waals surface area contributed by atoms with Crippen molar-refractivity contribution >= 4 is 24.8 Å². The van der Waals surface area contributed by atoms with E-state index in [1.165, 1.54) is 7.11 Å². The number of rotatable bonds is 4. The van der Waals surface area contributed by atoms with E-state index in [2.05, 4.69) is 0 Å². The number of hydrogen-bond acceptors (Lipinski definition) is 3. The van der Waals surface area contributed by atoms with E-state index >= 15 is 0 Å². The van der Waals surface area contributed by atoms with Crippen molar-refractivity contribution in [2.75, 3.05) is 7.11 Å². The van der Waals surface area contributed by atoms with Crippen LogP contribution >= 0.6 is 11.6 Å². The van der Waals surface area contributed by atoms with Gasteiger partial charge in [-0.2, -0.15) is 0 Å². The summed E-state index contributed by atoms with van der Waals surface area (Å²) in [5.74, 6) is -0.0447. The summed E-state index contributed by atoms with van der Waals surface area (Å²) >= 11 is 6.18. The molecule has 0 radical (unpaired) electrons. The minimum absolute atomic E-state index is 0.255. The zero-order valence-electron chi connectivity index (χ0n) is 13.4. The summed E-state index contributed by atoms with van der Waals surface area (Å²) in [5.41, 5.74) is 1.30. The van der Waals surface area contributed by atoms with Gasteiger partial charge in [-0.3, -0.25) is 0 Å². The minimum Gasteiger partial charge on any atom is -0.482 e. The van der Waals surface area contributed by atoms with E-state index < -0.39 is 13.2 Å². The first-order valence-corrected chi connectivity index (χ1v) is 7.30. The minimum atomic E-state index is -6.00. The van der Waals surface area contributed by atoms with Crippen LogP contribution in [0.25, 0.3) is 0 Å². The van der Waals surface area contributed by atoms with Gasteiger partial charge in [-0.25, -0.2) is 9.36 Å². The van der Waals surface area contributed by atoms with E-state index in [0.717, 1.165) is 5.56 Å². The highest BCUT2D eigenvalue weighted by molar-refractivity contribution is 6.50. The van der Waals surface area contributed by atoms with Gasteiger partial charge in [0.1, 0.15) is 24.2 Å². The van der Waals surface area contributed by atoms with Gasteiger partial charge in [0, 0.05) is 0 Å². The number of carbonyl (C=O) groups excluding carboxylic acids is 1. The molecule has 0 saturated carbocycles. The molecule has 0 aliphatic heterocycles. The number of halogens is 5. The molecule has 2 rings (SSSR count). The number of aryl methyl sites for hydroxylation is 1. The Morgan fingerprint density at radius 1 is 1.16 bits per heavy atom. The molecule has 0 aliphatic rings. The summed E-state index contributed by atoms with van der Waals surface area (Å²) < 4.78 is 51.1. The number of carbonyl (C=O) groups is 1. The van der Waals surface area contributed by atoms with Crippen LogP contribution in [-0.2, 0) is 18.4 Å². The molecule has 1 aromatic carbocycles. The van der Waals surface area contributed by atoms with Crippen LogP contribution in [0.2, 0.25) is 5.02 Å². The predicted molar refractivity (Wildman–Crippen MR) is 84.9 cm³/mol. The van der Waals surface area contributed by atoms with Crippen molar-refractivity contribution in [1.29, 1.82) is 0 Å². The maximum absolute atomic E-state index is 11.6. The van der Waals surface area contributed by atoms with Gasteiger partial charge < -0.3 is 26.7 Å².